The van der Waals surface area contributed by atoms with E-state index in [1.165, 1.54) is 12.1 Å². The Morgan fingerprint density at radius 3 is 2.58 bits per heavy atom. The number of hydrogen-bond acceptors (Lipinski definition) is 3. The van der Waals surface area contributed by atoms with E-state index in [-0.39, 0.29) is 11.7 Å². The molecule has 130 valence electrons. The Morgan fingerprint density at radius 2 is 1.96 bits per heavy atom. The quantitative estimate of drug-likeness (QED) is 0.767. The molecule has 0 aliphatic heterocycles. The van der Waals surface area contributed by atoms with E-state index < -0.39 is 0 Å². The summed E-state index contributed by atoms with van der Waals surface area (Å²) in [5.41, 5.74) is 1.98. The average molecular weight is 332 g/mol. The maximum absolute atomic E-state index is 12.9. The van der Waals surface area contributed by atoms with E-state index in [4.69, 9.17) is 0 Å². The van der Waals surface area contributed by atoms with Crippen LogP contribution in [-0.4, -0.2) is 52.9 Å². The smallest absolute Gasteiger partial charge is 0.222 e. The molecule has 2 aromatic rings. The molecule has 0 saturated heterocycles. The predicted molar refractivity (Wildman–Crippen MR) is 91.9 cm³/mol. The molecular weight excluding hydrogens is 307 g/mol. The fourth-order valence-corrected chi connectivity index (χ4v) is 2.44. The van der Waals surface area contributed by atoms with Crippen LogP contribution in [0.4, 0.5) is 4.39 Å². The van der Waals surface area contributed by atoms with Gasteiger partial charge in [0.2, 0.25) is 5.91 Å². The summed E-state index contributed by atoms with van der Waals surface area (Å²) < 4.78 is 12.9. The van der Waals surface area contributed by atoms with E-state index in [0.29, 0.717) is 19.5 Å². The number of likely N-dealkylation sites (N-methyl/N-ethyl adjacent to an activating group) is 1. The van der Waals surface area contributed by atoms with Crippen molar-refractivity contribution in [3.8, 4) is 0 Å². The third kappa shape index (κ3) is 6.12. The zero-order chi connectivity index (χ0) is 17.4. The number of hydrogen-bond donors (Lipinski definition) is 1. The van der Waals surface area contributed by atoms with Crippen molar-refractivity contribution in [3.63, 3.8) is 0 Å². The molecule has 2 rings (SSSR count). The molecule has 1 amide bonds. The van der Waals surface area contributed by atoms with Gasteiger partial charge in [0, 0.05) is 25.7 Å². The molecule has 1 aromatic carbocycles. The molecule has 24 heavy (non-hydrogen) atoms. The van der Waals surface area contributed by atoms with Gasteiger partial charge >= 0.3 is 0 Å². The van der Waals surface area contributed by atoms with Crippen LogP contribution >= 0.6 is 0 Å². The first kappa shape index (κ1) is 18.1. The van der Waals surface area contributed by atoms with Crippen molar-refractivity contribution in [1.82, 2.24) is 19.8 Å². The number of aromatic amines is 1. The summed E-state index contributed by atoms with van der Waals surface area (Å²) in [6.45, 7) is 2.04. The minimum absolute atomic E-state index is 0.133. The number of halogens is 1. The van der Waals surface area contributed by atoms with Gasteiger partial charge in [0.1, 0.15) is 5.82 Å². The summed E-state index contributed by atoms with van der Waals surface area (Å²) in [5, 5.41) is 0. The number of imidazole rings is 1. The Kier molecular flexibility index (Phi) is 6.93. The van der Waals surface area contributed by atoms with E-state index in [1.807, 2.05) is 19.0 Å². The molecule has 0 aliphatic carbocycles. The predicted octanol–water partition coefficient (Wildman–Crippen LogP) is 2.46. The van der Waals surface area contributed by atoms with E-state index in [1.54, 1.807) is 24.7 Å². The highest BCUT2D eigenvalue weighted by atomic mass is 19.1. The van der Waals surface area contributed by atoms with Crippen LogP contribution in [0.25, 0.3) is 0 Å². The largest absolute Gasteiger partial charge is 0.347 e. The Bertz CT molecular complexity index is 610. The summed E-state index contributed by atoms with van der Waals surface area (Å²) in [6.07, 6.45) is 5.38. The number of nitrogens with one attached hydrogen (secondary N) is 1. The number of amides is 1. The third-order valence-corrected chi connectivity index (χ3v) is 3.86. The monoisotopic (exact) mass is 332 g/mol. The fraction of sp³-hybridized carbons (Fsp3) is 0.444. The van der Waals surface area contributed by atoms with Crippen molar-refractivity contribution in [2.75, 3.05) is 27.2 Å². The van der Waals surface area contributed by atoms with Gasteiger partial charge in [-0.25, -0.2) is 9.37 Å². The number of nitrogens with zero attached hydrogens (tertiary/aromatic N) is 3. The second kappa shape index (κ2) is 9.17. The van der Waals surface area contributed by atoms with E-state index in [2.05, 4.69) is 14.9 Å². The van der Waals surface area contributed by atoms with Gasteiger partial charge in [-0.3, -0.25) is 4.79 Å². The van der Waals surface area contributed by atoms with Crippen LogP contribution in [0, 0.1) is 5.82 Å². The van der Waals surface area contributed by atoms with Crippen molar-refractivity contribution in [1.29, 1.82) is 0 Å². The summed E-state index contributed by atoms with van der Waals surface area (Å²) in [4.78, 5) is 23.5. The van der Waals surface area contributed by atoms with Gasteiger partial charge in [-0.05, 0) is 44.6 Å². The van der Waals surface area contributed by atoms with Gasteiger partial charge in [0.25, 0.3) is 0 Å². The molecule has 1 heterocycles. The van der Waals surface area contributed by atoms with Gasteiger partial charge in [-0.1, -0.05) is 12.1 Å². The van der Waals surface area contributed by atoms with Crippen LogP contribution in [-0.2, 0) is 17.8 Å². The number of rotatable bonds is 9. The zero-order valence-corrected chi connectivity index (χ0v) is 14.3. The molecular formula is C18H25FN4O. The van der Waals surface area contributed by atoms with E-state index in [0.717, 1.165) is 30.6 Å². The second-order valence-corrected chi connectivity index (χ2v) is 6.18. The third-order valence-electron chi connectivity index (χ3n) is 3.86. The molecule has 6 heteroatoms. The standard InChI is InChI=1S/C18H25FN4O/c1-22(2)10-11-23(13-17-12-20-14-21-17)18(24)5-3-4-15-6-8-16(19)9-7-15/h6-9,12,14H,3-5,10-11,13H2,1-2H3,(H,20,21). The minimum Gasteiger partial charge on any atom is -0.347 e. The van der Waals surface area contributed by atoms with Gasteiger partial charge in [0.05, 0.1) is 18.6 Å². The first-order valence-electron chi connectivity index (χ1n) is 8.19. The Balaban J connectivity index is 1.85. The van der Waals surface area contributed by atoms with Crippen LogP contribution in [0.2, 0.25) is 0 Å². The summed E-state index contributed by atoms with van der Waals surface area (Å²) in [6, 6.07) is 6.46. The number of aryl methyl sites for hydroxylation is 1. The molecule has 0 unspecified atom stereocenters. The molecule has 0 aliphatic rings. The highest BCUT2D eigenvalue weighted by Gasteiger charge is 2.14. The molecule has 1 N–H and O–H groups in total. The van der Waals surface area contributed by atoms with Crippen LogP contribution in [0.15, 0.2) is 36.8 Å². The Morgan fingerprint density at radius 1 is 1.21 bits per heavy atom. The van der Waals surface area contributed by atoms with Gasteiger partial charge in [0.15, 0.2) is 0 Å². The topological polar surface area (TPSA) is 52.2 Å². The van der Waals surface area contributed by atoms with Gasteiger partial charge < -0.3 is 14.8 Å². The lowest BCUT2D eigenvalue weighted by Gasteiger charge is -2.24. The zero-order valence-electron chi connectivity index (χ0n) is 14.3. The molecule has 0 radical (unpaired) electrons. The first-order valence-corrected chi connectivity index (χ1v) is 8.19. The maximum atomic E-state index is 12.9. The lowest BCUT2D eigenvalue weighted by atomic mass is 10.1. The highest BCUT2D eigenvalue weighted by Crippen LogP contribution is 2.10. The lowest BCUT2D eigenvalue weighted by Crippen LogP contribution is -2.36. The maximum Gasteiger partial charge on any atom is 0.222 e. The number of carbonyl (C=O) groups is 1. The number of aromatic nitrogens is 2. The minimum atomic E-state index is -0.232. The van der Waals surface area contributed by atoms with Crippen molar-refractivity contribution >= 4 is 5.91 Å². The number of benzene rings is 1. The normalized spacial score (nSPS) is 11.0. The Hall–Kier alpha value is -2.21. The highest BCUT2D eigenvalue weighted by molar-refractivity contribution is 5.76. The van der Waals surface area contributed by atoms with E-state index in [9.17, 15) is 9.18 Å². The summed E-state index contributed by atoms with van der Waals surface area (Å²) in [5.74, 6) is -0.0993. The molecule has 0 atom stereocenters. The SMILES string of the molecule is CN(C)CCN(Cc1cnc[nH]1)C(=O)CCCc1ccc(F)cc1. The molecule has 0 fully saturated rings. The van der Waals surface area contributed by atoms with Crippen LogP contribution < -0.4 is 0 Å². The summed E-state index contributed by atoms with van der Waals surface area (Å²) >= 11 is 0. The Labute approximate surface area is 142 Å². The van der Waals surface area contributed by atoms with Crippen LogP contribution in [0.5, 0.6) is 0 Å². The number of carbonyl (C=O) groups excluding carboxylic acids is 1. The van der Waals surface area contributed by atoms with Gasteiger partial charge in [-0.2, -0.15) is 0 Å². The first-order chi connectivity index (χ1) is 11.5. The van der Waals surface area contributed by atoms with Crippen molar-refractivity contribution in [2.45, 2.75) is 25.8 Å². The van der Waals surface area contributed by atoms with Crippen LogP contribution in [0.3, 0.4) is 0 Å². The van der Waals surface area contributed by atoms with Crippen molar-refractivity contribution in [2.24, 2.45) is 0 Å². The van der Waals surface area contributed by atoms with E-state index >= 15 is 0 Å². The average Bonchev–Trinajstić information content (AvgIpc) is 3.06. The molecule has 0 spiro atoms. The summed E-state index contributed by atoms with van der Waals surface area (Å²) in [7, 11) is 3.99. The molecule has 0 saturated carbocycles. The number of H-pyrrole nitrogens is 1. The van der Waals surface area contributed by atoms with Crippen molar-refractivity contribution < 1.29 is 9.18 Å². The molecule has 5 nitrogen and oxygen atoms in total. The second-order valence-electron chi connectivity index (χ2n) is 6.18. The van der Waals surface area contributed by atoms with Crippen LogP contribution in [0.1, 0.15) is 24.1 Å². The lowest BCUT2D eigenvalue weighted by molar-refractivity contribution is -0.132. The fourth-order valence-electron chi connectivity index (χ4n) is 2.44. The van der Waals surface area contributed by atoms with Crippen molar-refractivity contribution in [3.05, 3.63) is 53.9 Å². The molecule has 0 bridgehead atoms. The molecule has 1 aromatic heterocycles. The van der Waals surface area contributed by atoms with Gasteiger partial charge in [-0.15, -0.1) is 0 Å².